The molecule has 1 heterocycles. The number of nitrogens with one attached hydrogen (secondary N) is 1. The summed E-state index contributed by atoms with van der Waals surface area (Å²) in [5.74, 6) is 1.68. The zero-order valence-electron chi connectivity index (χ0n) is 12.8. The second-order valence-electron chi connectivity index (χ2n) is 5.23. The van der Waals surface area contributed by atoms with Crippen molar-refractivity contribution in [1.82, 2.24) is 9.88 Å². The highest BCUT2D eigenvalue weighted by Crippen LogP contribution is 2.27. The van der Waals surface area contributed by atoms with E-state index in [-0.39, 0.29) is 11.9 Å². The summed E-state index contributed by atoms with van der Waals surface area (Å²) in [6.07, 6.45) is 2.03. The van der Waals surface area contributed by atoms with Crippen molar-refractivity contribution in [3.8, 4) is 0 Å². The first kappa shape index (κ1) is 17.1. The summed E-state index contributed by atoms with van der Waals surface area (Å²) in [6.45, 7) is 7.09. The SMILES string of the molecule is CSCC(C)N(C)C(=O)c1sc(NCC(C)C)nc1N. The fourth-order valence-corrected chi connectivity index (χ4v) is 3.15. The Morgan fingerprint density at radius 3 is 2.70 bits per heavy atom. The first-order valence-electron chi connectivity index (χ1n) is 6.63. The molecule has 1 unspecified atom stereocenters. The molecule has 0 aliphatic heterocycles. The molecule has 1 atom stereocenters. The molecule has 3 N–H and O–H groups in total. The summed E-state index contributed by atoms with van der Waals surface area (Å²) in [5.41, 5.74) is 5.87. The number of hydrogen-bond acceptors (Lipinski definition) is 6. The minimum Gasteiger partial charge on any atom is -0.382 e. The highest BCUT2D eigenvalue weighted by molar-refractivity contribution is 7.98. The van der Waals surface area contributed by atoms with E-state index in [2.05, 4.69) is 24.1 Å². The number of thiazole rings is 1. The van der Waals surface area contributed by atoms with Gasteiger partial charge >= 0.3 is 0 Å². The van der Waals surface area contributed by atoms with Crippen LogP contribution in [-0.2, 0) is 0 Å². The number of carbonyl (C=O) groups excluding carboxylic acids is 1. The van der Waals surface area contributed by atoms with Crippen LogP contribution in [0.2, 0.25) is 0 Å². The molecule has 0 radical (unpaired) electrons. The molecule has 0 fully saturated rings. The second-order valence-corrected chi connectivity index (χ2v) is 7.14. The van der Waals surface area contributed by atoms with Gasteiger partial charge in [-0.2, -0.15) is 11.8 Å². The van der Waals surface area contributed by atoms with E-state index in [1.807, 2.05) is 20.2 Å². The minimum atomic E-state index is -0.0563. The van der Waals surface area contributed by atoms with Crippen LogP contribution < -0.4 is 11.1 Å². The van der Waals surface area contributed by atoms with Crippen molar-refractivity contribution in [3.63, 3.8) is 0 Å². The molecule has 1 rings (SSSR count). The molecular weight excluding hydrogens is 292 g/mol. The number of nitrogen functional groups attached to an aromatic ring is 1. The lowest BCUT2D eigenvalue weighted by atomic mass is 10.2. The summed E-state index contributed by atoms with van der Waals surface area (Å²) in [6, 6.07) is 0.172. The largest absolute Gasteiger partial charge is 0.382 e. The van der Waals surface area contributed by atoms with Gasteiger partial charge in [-0.25, -0.2) is 4.98 Å². The van der Waals surface area contributed by atoms with E-state index in [4.69, 9.17) is 5.73 Å². The van der Waals surface area contributed by atoms with Crippen LogP contribution in [0.15, 0.2) is 0 Å². The number of anilines is 2. The molecule has 5 nitrogen and oxygen atoms in total. The van der Waals surface area contributed by atoms with Gasteiger partial charge in [0.25, 0.3) is 5.91 Å². The number of carbonyl (C=O) groups is 1. The number of nitrogens with zero attached hydrogens (tertiary/aromatic N) is 2. The van der Waals surface area contributed by atoms with Gasteiger partial charge in [0.2, 0.25) is 0 Å². The van der Waals surface area contributed by atoms with E-state index in [0.29, 0.717) is 21.7 Å². The first-order chi connectivity index (χ1) is 9.36. The van der Waals surface area contributed by atoms with Crippen molar-refractivity contribution in [1.29, 1.82) is 0 Å². The molecule has 0 aliphatic carbocycles. The van der Waals surface area contributed by atoms with E-state index < -0.39 is 0 Å². The van der Waals surface area contributed by atoms with Gasteiger partial charge in [0, 0.05) is 25.4 Å². The van der Waals surface area contributed by atoms with Gasteiger partial charge < -0.3 is 16.0 Å². The fourth-order valence-electron chi connectivity index (χ4n) is 1.57. The van der Waals surface area contributed by atoms with Gasteiger partial charge in [-0.05, 0) is 19.1 Å². The van der Waals surface area contributed by atoms with Crippen LogP contribution in [0, 0.1) is 5.92 Å². The molecule has 0 saturated carbocycles. The van der Waals surface area contributed by atoms with Gasteiger partial charge in [0.15, 0.2) is 5.13 Å². The third-order valence-corrected chi connectivity index (χ3v) is 4.73. The Kier molecular flexibility index (Phi) is 6.61. The number of amides is 1. The van der Waals surface area contributed by atoms with E-state index in [1.165, 1.54) is 11.3 Å². The smallest absolute Gasteiger partial charge is 0.267 e. The molecule has 0 spiro atoms. The molecule has 1 amide bonds. The van der Waals surface area contributed by atoms with E-state index in [9.17, 15) is 4.79 Å². The topological polar surface area (TPSA) is 71.2 Å². The molecule has 0 aromatic carbocycles. The maximum Gasteiger partial charge on any atom is 0.267 e. The van der Waals surface area contributed by atoms with Crippen LogP contribution >= 0.6 is 23.1 Å². The molecule has 0 bridgehead atoms. The highest BCUT2D eigenvalue weighted by Gasteiger charge is 2.22. The number of rotatable bonds is 7. The molecule has 20 heavy (non-hydrogen) atoms. The summed E-state index contributed by atoms with van der Waals surface area (Å²) in [5, 5.41) is 3.92. The van der Waals surface area contributed by atoms with E-state index >= 15 is 0 Å². The number of hydrogen-bond donors (Lipinski definition) is 2. The van der Waals surface area contributed by atoms with Crippen molar-refractivity contribution >= 4 is 40.0 Å². The highest BCUT2D eigenvalue weighted by atomic mass is 32.2. The van der Waals surface area contributed by atoms with Crippen LogP contribution in [0.1, 0.15) is 30.4 Å². The lowest BCUT2D eigenvalue weighted by molar-refractivity contribution is 0.0763. The van der Waals surface area contributed by atoms with Crippen molar-refractivity contribution in [3.05, 3.63) is 4.88 Å². The van der Waals surface area contributed by atoms with Crippen molar-refractivity contribution in [2.45, 2.75) is 26.8 Å². The number of nitrogens with two attached hydrogens (primary N) is 1. The summed E-state index contributed by atoms with van der Waals surface area (Å²) in [4.78, 5) is 18.9. The van der Waals surface area contributed by atoms with Crippen LogP contribution in [0.3, 0.4) is 0 Å². The lowest BCUT2D eigenvalue weighted by Crippen LogP contribution is -2.36. The average Bonchev–Trinajstić information content (AvgIpc) is 2.76. The van der Waals surface area contributed by atoms with Crippen LogP contribution in [0.4, 0.5) is 10.9 Å². The summed E-state index contributed by atoms with van der Waals surface area (Å²) >= 11 is 3.05. The zero-order chi connectivity index (χ0) is 15.3. The normalized spacial score (nSPS) is 12.5. The van der Waals surface area contributed by atoms with Crippen LogP contribution in [0.25, 0.3) is 0 Å². The lowest BCUT2D eigenvalue weighted by Gasteiger charge is -2.23. The van der Waals surface area contributed by atoms with Gasteiger partial charge in [-0.1, -0.05) is 25.2 Å². The molecule has 1 aromatic rings. The molecule has 114 valence electrons. The predicted octanol–water partition coefficient (Wildman–Crippen LogP) is 2.62. The quantitative estimate of drug-likeness (QED) is 0.809. The van der Waals surface area contributed by atoms with E-state index in [0.717, 1.165) is 12.3 Å². The molecule has 0 saturated heterocycles. The Hall–Kier alpha value is -0.950. The Morgan fingerprint density at radius 2 is 2.15 bits per heavy atom. The zero-order valence-corrected chi connectivity index (χ0v) is 14.4. The van der Waals surface area contributed by atoms with Crippen molar-refractivity contribution in [2.75, 3.05) is 36.7 Å². The van der Waals surface area contributed by atoms with Crippen molar-refractivity contribution < 1.29 is 4.79 Å². The standard InChI is InChI=1S/C13H24N4OS2/c1-8(2)6-15-13-16-11(14)10(20-13)12(18)17(4)9(3)7-19-5/h8-9H,6-7,14H2,1-5H3,(H,15,16). The number of aromatic nitrogens is 1. The first-order valence-corrected chi connectivity index (χ1v) is 8.84. The number of thioether (sulfide) groups is 1. The maximum absolute atomic E-state index is 12.4. The molecular formula is C13H24N4OS2. The average molecular weight is 316 g/mol. The Bertz CT molecular complexity index is 448. The maximum atomic E-state index is 12.4. The third kappa shape index (κ3) is 4.56. The third-order valence-electron chi connectivity index (χ3n) is 2.90. The Morgan fingerprint density at radius 1 is 1.50 bits per heavy atom. The molecule has 7 heteroatoms. The second kappa shape index (κ2) is 7.73. The summed E-state index contributed by atoms with van der Waals surface area (Å²) in [7, 11) is 1.81. The summed E-state index contributed by atoms with van der Waals surface area (Å²) < 4.78 is 0. The Labute approximate surface area is 129 Å². The predicted molar refractivity (Wildman–Crippen MR) is 89.8 cm³/mol. The minimum absolute atomic E-state index is 0.0563. The van der Waals surface area contributed by atoms with Gasteiger partial charge in [-0.3, -0.25) is 4.79 Å². The van der Waals surface area contributed by atoms with Crippen LogP contribution in [-0.4, -0.2) is 47.4 Å². The van der Waals surface area contributed by atoms with Gasteiger partial charge in [-0.15, -0.1) is 0 Å². The van der Waals surface area contributed by atoms with E-state index in [1.54, 1.807) is 16.7 Å². The Balaban J connectivity index is 2.77. The monoisotopic (exact) mass is 316 g/mol. The van der Waals surface area contributed by atoms with Gasteiger partial charge in [0.05, 0.1) is 0 Å². The molecule has 1 aromatic heterocycles. The fraction of sp³-hybridized carbons (Fsp3) is 0.692. The molecule has 0 aliphatic rings. The van der Waals surface area contributed by atoms with Gasteiger partial charge in [0.1, 0.15) is 10.7 Å². The van der Waals surface area contributed by atoms with Crippen LogP contribution in [0.5, 0.6) is 0 Å². The van der Waals surface area contributed by atoms with Crippen molar-refractivity contribution in [2.24, 2.45) is 5.92 Å².